The van der Waals surface area contributed by atoms with E-state index in [4.69, 9.17) is 28.4 Å². The van der Waals surface area contributed by atoms with Crippen molar-refractivity contribution in [3.05, 3.63) is 57.3 Å². The van der Waals surface area contributed by atoms with Crippen molar-refractivity contribution in [3.8, 4) is 0 Å². The summed E-state index contributed by atoms with van der Waals surface area (Å²) in [4.78, 5) is 23.8. The van der Waals surface area contributed by atoms with Crippen LogP contribution in [-0.2, 0) is 7.05 Å². The molecule has 0 aliphatic heterocycles. The fourth-order valence-corrected chi connectivity index (χ4v) is 2.50. The number of halogens is 2. The van der Waals surface area contributed by atoms with E-state index in [-0.39, 0.29) is 22.7 Å². The van der Waals surface area contributed by atoms with Crippen molar-refractivity contribution in [1.82, 2.24) is 15.4 Å². The third-order valence-electron chi connectivity index (χ3n) is 3.45. The molecule has 0 aliphatic rings. The molecule has 2 amide bonds. The van der Waals surface area contributed by atoms with Crippen molar-refractivity contribution >= 4 is 35.0 Å². The van der Waals surface area contributed by atoms with E-state index in [0.29, 0.717) is 16.3 Å². The largest absolute Gasteiger partial charge is 0.344 e. The third-order valence-corrected chi connectivity index (χ3v) is 4.29. The topological polar surface area (TPSA) is 83.4 Å². The van der Waals surface area contributed by atoms with E-state index >= 15 is 0 Å². The Morgan fingerprint density at radius 1 is 1.22 bits per heavy atom. The van der Waals surface area contributed by atoms with E-state index in [1.54, 1.807) is 43.7 Å². The number of aromatic nitrogens is 1. The quantitative estimate of drug-likeness (QED) is 0.582. The van der Waals surface area contributed by atoms with E-state index in [0.717, 1.165) is 0 Å². The number of hydrogen-bond acceptors (Lipinski definition) is 3. The Hall–Kier alpha value is -2.02. The molecule has 8 heteroatoms. The SMILES string of the molecule is C[C@@H](NC(=O)c1cc(Cl)c(Cl)n1C)c1cccc(C(=O)NO)c1. The summed E-state index contributed by atoms with van der Waals surface area (Å²) in [5.74, 6) is -0.961. The summed E-state index contributed by atoms with van der Waals surface area (Å²) >= 11 is 11.9. The molecule has 2 aromatic rings. The van der Waals surface area contributed by atoms with Gasteiger partial charge >= 0.3 is 0 Å². The molecule has 0 saturated carbocycles. The van der Waals surface area contributed by atoms with Gasteiger partial charge in [-0.1, -0.05) is 35.3 Å². The minimum atomic E-state index is -0.619. The summed E-state index contributed by atoms with van der Waals surface area (Å²) in [6.45, 7) is 1.78. The monoisotopic (exact) mass is 355 g/mol. The maximum Gasteiger partial charge on any atom is 0.274 e. The molecule has 2 rings (SSSR count). The lowest BCUT2D eigenvalue weighted by Crippen LogP contribution is -2.28. The zero-order valence-electron chi connectivity index (χ0n) is 12.4. The highest BCUT2D eigenvalue weighted by Gasteiger charge is 2.18. The molecule has 6 nitrogen and oxygen atoms in total. The lowest BCUT2D eigenvalue weighted by molar-refractivity contribution is 0.0706. The number of rotatable bonds is 4. The van der Waals surface area contributed by atoms with Crippen molar-refractivity contribution < 1.29 is 14.8 Å². The number of hydrogen-bond donors (Lipinski definition) is 3. The Morgan fingerprint density at radius 2 is 1.91 bits per heavy atom. The maximum atomic E-state index is 12.3. The first kappa shape index (κ1) is 17.3. The number of carbonyl (C=O) groups is 2. The van der Waals surface area contributed by atoms with E-state index in [1.807, 2.05) is 0 Å². The summed E-state index contributed by atoms with van der Waals surface area (Å²) in [7, 11) is 1.64. The average Bonchev–Trinajstić information content (AvgIpc) is 2.81. The first-order chi connectivity index (χ1) is 10.8. The molecule has 1 aromatic carbocycles. The van der Waals surface area contributed by atoms with Crippen LogP contribution in [0.2, 0.25) is 10.2 Å². The highest BCUT2D eigenvalue weighted by atomic mass is 35.5. The molecular weight excluding hydrogens is 341 g/mol. The zero-order valence-corrected chi connectivity index (χ0v) is 13.9. The molecule has 0 aliphatic carbocycles. The van der Waals surface area contributed by atoms with Crippen molar-refractivity contribution in [2.24, 2.45) is 7.05 Å². The van der Waals surface area contributed by atoms with Gasteiger partial charge in [-0.25, -0.2) is 5.48 Å². The molecular formula is C15H15Cl2N3O3. The standard InChI is InChI=1S/C15H15Cl2N3O3/c1-8(9-4-3-5-10(6-9)14(21)19-23)18-15(22)12-7-11(16)13(17)20(12)2/h3-8,23H,1-2H3,(H,18,22)(H,19,21)/t8-/m1/s1. The van der Waals surface area contributed by atoms with Gasteiger partial charge in [0.25, 0.3) is 11.8 Å². The van der Waals surface area contributed by atoms with Gasteiger partial charge in [-0.15, -0.1) is 0 Å². The molecule has 0 unspecified atom stereocenters. The molecule has 1 heterocycles. The van der Waals surface area contributed by atoms with Gasteiger partial charge in [0, 0.05) is 12.6 Å². The summed E-state index contributed by atoms with van der Waals surface area (Å²) in [6, 6.07) is 7.70. The first-order valence-corrected chi connectivity index (χ1v) is 7.46. The van der Waals surface area contributed by atoms with E-state index in [1.165, 1.54) is 10.6 Å². The van der Waals surface area contributed by atoms with Crippen LogP contribution in [0.5, 0.6) is 0 Å². The second-order valence-corrected chi connectivity index (χ2v) is 5.75. The molecule has 0 radical (unpaired) electrons. The molecule has 0 bridgehead atoms. The molecule has 0 fully saturated rings. The fraction of sp³-hybridized carbons (Fsp3) is 0.200. The number of nitrogens with one attached hydrogen (secondary N) is 2. The van der Waals surface area contributed by atoms with E-state index in [9.17, 15) is 9.59 Å². The van der Waals surface area contributed by atoms with Crippen molar-refractivity contribution in [2.75, 3.05) is 0 Å². The Morgan fingerprint density at radius 3 is 2.48 bits per heavy atom. The van der Waals surface area contributed by atoms with Gasteiger partial charge in [-0.05, 0) is 30.7 Å². The van der Waals surface area contributed by atoms with Gasteiger partial charge in [-0.2, -0.15) is 0 Å². The molecule has 1 aromatic heterocycles. The Bertz CT molecular complexity index is 758. The minimum absolute atomic E-state index is 0.283. The maximum absolute atomic E-state index is 12.3. The second-order valence-electron chi connectivity index (χ2n) is 4.99. The van der Waals surface area contributed by atoms with Crippen molar-refractivity contribution in [3.63, 3.8) is 0 Å². The van der Waals surface area contributed by atoms with Crippen LogP contribution < -0.4 is 10.8 Å². The molecule has 1 atom stereocenters. The summed E-state index contributed by atoms with van der Waals surface area (Å²) in [5, 5.41) is 12.1. The number of benzene rings is 1. The predicted octanol–water partition coefficient (Wildman–Crippen LogP) is 2.94. The Kier molecular flexibility index (Phi) is 5.30. The summed E-state index contributed by atoms with van der Waals surface area (Å²) in [6.07, 6.45) is 0. The van der Waals surface area contributed by atoms with Crippen molar-refractivity contribution in [2.45, 2.75) is 13.0 Å². The van der Waals surface area contributed by atoms with Crippen LogP contribution in [0.25, 0.3) is 0 Å². The van der Waals surface area contributed by atoms with Crippen LogP contribution in [0, 0.1) is 0 Å². The van der Waals surface area contributed by atoms with Crippen LogP contribution in [0.4, 0.5) is 0 Å². The van der Waals surface area contributed by atoms with Gasteiger partial charge in [-0.3, -0.25) is 14.8 Å². The van der Waals surface area contributed by atoms with E-state index < -0.39 is 5.91 Å². The van der Waals surface area contributed by atoms with Crippen LogP contribution in [0.15, 0.2) is 30.3 Å². The molecule has 122 valence electrons. The smallest absolute Gasteiger partial charge is 0.274 e. The van der Waals surface area contributed by atoms with Gasteiger partial charge in [0.2, 0.25) is 0 Å². The van der Waals surface area contributed by atoms with Crippen LogP contribution in [0.1, 0.15) is 39.4 Å². The zero-order chi connectivity index (χ0) is 17.1. The second kappa shape index (κ2) is 7.04. The number of amides is 2. The average molecular weight is 356 g/mol. The number of hydroxylamine groups is 1. The lowest BCUT2D eigenvalue weighted by atomic mass is 10.0. The number of carbonyl (C=O) groups excluding carboxylic acids is 2. The van der Waals surface area contributed by atoms with Crippen LogP contribution in [0.3, 0.4) is 0 Å². The summed E-state index contributed by atoms with van der Waals surface area (Å²) in [5.41, 5.74) is 2.90. The first-order valence-electron chi connectivity index (χ1n) is 6.71. The fourth-order valence-electron chi connectivity index (χ4n) is 2.13. The molecule has 0 spiro atoms. The highest BCUT2D eigenvalue weighted by molar-refractivity contribution is 6.41. The number of nitrogens with zero attached hydrogens (tertiary/aromatic N) is 1. The molecule has 3 N–H and O–H groups in total. The van der Waals surface area contributed by atoms with Crippen molar-refractivity contribution in [1.29, 1.82) is 0 Å². The normalized spacial score (nSPS) is 11.9. The van der Waals surface area contributed by atoms with Gasteiger partial charge in [0.15, 0.2) is 0 Å². The van der Waals surface area contributed by atoms with Crippen LogP contribution >= 0.6 is 23.2 Å². The van der Waals surface area contributed by atoms with Crippen LogP contribution in [-0.4, -0.2) is 21.6 Å². The summed E-state index contributed by atoms with van der Waals surface area (Å²) < 4.78 is 1.49. The third kappa shape index (κ3) is 3.67. The highest BCUT2D eigenvalue weighted by Crippen LogP contribution is 2.25. The van der Waals surface area contributed by atoms with Gasteiger partial charge in [0.1, 0.15) is 10.8 Å². The van der Waals surface area contributed by atoms with Gasteiger partial charge < -0.3 is 9.88 Å². The molecule has 0 saturated heterocycles. The van der Waals surface area contributed by atoms with Gasteiger partial charge in [0.05, 0.1) is 11.1 Å². The minimum Gasteiger partial charge on any atom is -0.344 e. The Labute approximate surface area is 143 Å². The predicted molar refractivity (Wildman–Crippen MR) is 87.0 cm³/mol. The lowest BCUT2D eigenvalue weighted by Gasteiger charge is -2.15. The Balaban J connectivity index is 2.18. The molecule has 23 heavy (non-hydrogen) atoms. The van der Waals surface area contributed by atoms with E-state index in [2.05, 4.69) is 5.32 Å².